The van der Waals surface area contributed by atoms with Gasteiger partial charge in [0, 0.05) is 19.3 Å². The molecule has 1 aromatic rings. The van der Waals surface area contributed by atoms with E-state index in [2.05, 4.69) is 56.6 Å². The summed E-state index contributed by atoms with van der Waals surface area (Å²) in [6.07, 6.45) is 3.25. The van der Waals surface area contributed by atoms with Gasteiger partial charge in [-0.3, -0.25) is 0 Å². The first-order valence-corrected chi connectivity index (χ1v) is 7.08. The first-order valence-electron chi connectivity index (χ1n) is 7.08. The average Bonchev–Trinajstić information content (AvgIpc) is 2.28. The highest BCUT2D eigenvalue weighted by atomic mass is 15.2. The molecular formula is C16H26N2. The SMILES string of the molecule is Cc1ccc(N2CCC(C(C)C)C(C)(C)C2)nc1. The van der Waals surface area contributed by atoms with Crippen molar-refractivity contribution in [2.75, 3.05) is 18.0 Å². The number of aromatic nitrogens is 1. The van der Waals surface area contributed by atoms with Gasteiger partial charge in [0.1, 0.15) is 5.82 Å². The van der Waals surface area contributed by atoms with Crippen LogP contribution in [0.4, 0.5) is 5.82 Å². The molecule has 1 aromatic heterocycles. The third-order valence-electron chi connectivity index (χ3n) is 4.34. The lowest BCUT2D eigenvalue weighted by atomic mass is 9.69. The third kappa shape index (κ3) is 2.68. The van der Waals surface area contributed by atoms with Crippen LogP contribution in [0.1, 0.15) is 39.7 Å². The molecule has 1 fully saturated rings. The van der Waals surface area contributed by atoms with Gasteiger partial charge in [0.15, 0.2) is 0 Å². The summed E-state index contributed by atoms with van der Waals surface area (Å²) in [5.74, 6) is 2.73. The van der Waals surface area contributed by atoms with Gasteiger partial charge in [-0.25, -0.2) is 4.98 Å². The van der Waals surface area contributed by atoms with Crippen molar-refractivity contribution >= 4 is 5.82 Å². The minimum Gasteiger partial charge on any atom is -0.356 e. The number of aryl methyl sites for hydroxylation is 1. The summed E-state index contributed by atoms with van der Waals surface area (Å²) >= 11 is 0. The Balaban J connectivity index is 2.13. The van der Waals surface area contributed by atoms with Crippen LogP contribution in [0.3, 0.4) is 0 Å². The summed E-state index contributed by atoms with van der Waals surface area (Å²) in [5.41, 5.74) is 1.61. The zero-order valence-electron chi connectivity index (χ0n) is 12.4. The molecule has 2 nitrogen and oxygen atoms in total. The fourth-order valence-corrected chi connectivity index (χ4v) is 3.45. The van der Waals surface area contributed by atoms with Crippen LogP contribution in [0.15, 0.2) is 18.3 Å². The standard InChI is InChI=1S/C16H26N2/c1-12(2)14-8-9-18(11-16(14,4)5)15-7-6-13(3)10-17-15/h6-7,10,12,14H,8-9,11H2,1-5H3. The van der Waals surface area contributed by atoms with Crippen LogP contribution in [-0.2, 0) is 0 Å². The van der Waals surface area contributed by atoms with E-state index in [1.807, 2.05) is 6.20 Å². The molecule has 1 aliphatic rings. The first-order chi connectivity index (χ1) is 8.40. The van der Waals surface area contributed by atoms with Crippen LogP contribution in [0.5, 0.6) is 0 Å². The second-order valence-corrected chi connectivity index (χ2v) is 6.74. The normalized spacial score (nSPS) is 23.4. The van der Waals surface area contributed by atoms with Crippen molar-refractivity contribution in [2.45, 2.75) is 41.0 Å². The van der Waals surface area contributed by atoms with Crippen molar-refractivity contribution in [1.29, 1.82) is 0 Å². The zero-order valence-corrected chi connectivity index (χ0v) is 12.4. The van der Waals surface area contributed by atoms with Crippen molar-refractivity contribution in [3.05, 3.63) is 23.9 Å². The molecule has 2 rings (SSSR count). The second-order valence-electron chi connectivity index (χ2n) is 6.74. The zero-order chi connectivity index (χ0) is 13.3. The minimum atomic E-state index is 0.374. The molecule has 1 saturated heterocycles. The van der Waals surface area contributed by atoms with Gasteiger partial charge in [-0.15, -0.1) is 0 Å². The Morgan fingerprint density at radius 2 is 2.06 bits per heavy atom. The Hall–Kier alpha value is -1.05. The number of hydrogen-bond donors (Lipinski definition) is 0. The van der Waals surface area contributed by atoms with Gasteiger partial charge in [-0.05, 0) is 42.2 Å². The Morgan fingerprint density at radius 3 is 2.56 bits per heavy atom. The van der Waals surface area contributed by atoms with Crippen LogP contribution < -0.4 is 4.90 Å². The number of hydrogen-bond acceptors (Lipinski definition) is 2. The summed E-state index contributed by atoms with van der Waals surface area (Å²) in [5, 5.41) is 0. The van der Waals surface area contributed by atoms with Gasteiger partial charge in [0.25, 0.3) is 0 Å². The average molecular weight is 246 g/mol. The third-order valence-corrected chi connectivity index (χ3v) is 4.34. The molecule has 0 aliphatic carbocycles. The highest BCUT2D eigenvalue weighted by Gasteiger charge is 2.37. The van der Waals surface area contributed by atoms with E-state index >= 15 is 0 Å². The molecule has 100 valence electrons. The predicted molar refractivity (Wildman–Crippen MR) is 77.9 cm³/mol. The molecule has 1 atom stereocenters. The largest absolute Gasteiger partial charge is 0.356 e. The fourth-order valence-electron chi connectivity index (χ4n) is 3.45. The van der Waals surface area contributed by atoms with Crippen LogP contribution >= 0.6 is 0 Å². The molecule has 18 heavy (non-hydrogen) atoms. The first kappa shape index (κ1) is 13.4. The molecule has 0 N–H and O–H groups in total. The Labute approximate surface area is 111 Å². The molecule has 1 unspecified atom stereocenters. The van der Waals surface area contributed by atoms with Crippen molar-refractivity contribution in [3.63, 3.8) is 0 Å². The summed E-state index contributed by atoms with van der Waals surface area (Å²) in [4.78, 5) is 7.01. The maximum Gasteiger partial charge on any atom is 0.128 e. The monoisotopic (exact) mass is 246 g/mol. The van der Waals surface area contributed by atoms with Crippen LogP contribution in [0, 0.1) is 24.2 Å². The van der Waals surface area contributed by atoms with E-state index in [0.29, 0.717) is 5.41 Å². The summed E-state index contributed by atoms with van der Waals surface area (Å²) in [7, 11) is 0. The molecule has 0 amide bonds. The predicted octanol–water partition coefficient (Wildman–Crippen LogP) is 3.90. The molecular weight excluding hydrogens is 220 g/mol. The van der Waals surface area contributed by atoms with Crippen molar-refractivity contribution in [3.8, 4) is 0 Å². The molecule has 2 heterocycles. The number of pyridine rings is 1. The summed E-state index contributed by atoms with van der Waals surface area (Å²) in [6.45, 7) is 13.9. The molecule has 0 bridgehead atoms. The maximum atomic E-state index is 4.56. The van der Waals surface area contributed by atoms with Crippen LogP contribution in [0.25, 0.3) is 0 Å². The van der Waals surface area contributed by atoms with E-state index < -0.39 is 0 Å². The molecule has 0 aromatic carbocycles. The number of nitrogens with zero attached hydrogens (tertiary/aromatic N) is 2. The van der Waals surface area contributed by atoms with E-state index in [1.165, 1.54) is 12.0 Å². The number of rotatable bonds is 2. The Bertz CT molecular complexity index is 392. The van der Waals surface area contributed by atoms with Crippen molar-refractivity contribution in [2.24, 2.45) is 17.3 Å². The molecule has 0 spiro atoms. The molecule has 2 heteroatoms. The highest BCUT2D eigenvalue weighted by molar-refractivity contribution is 5.40. The van der Waals surface area contributed by atoms with Gasteiger partial charge in [-0.1, -0.05) is 33.8 Å². The molecule has 0 radical (unpaired) electrons. The topological polar surface area (TPSA) is 16.1 Å². The summed E-state index contributed by atoms with van der Waals surface area (Å²) in [6, 6.07) is 4.31. The van der Waals surface area contributed by atoms with Crippen LogP contribution in [-0.4, -0.2) is 18.1 Å². The van der Waals surface area contributed by atoms with E-state index in [9.17, 15) is 0 Å². The lowest BCUT2D eigenvalue weighted by Crippen LogP contribution is -2.47. The Kier molecular flexibility index (Phi) is 3.65. The van der Waals surface area contributed by atoms with E-state index in [0.717, 1.165) is 30.7 Å². The minimum absolute atomic E-state index is 0.374. The number of anilines is 1. The Morgan fingerprint density at radius 1 is 1.33 bits per heavy atom. The highest BCUT2D eigenvalue weighted by Crippen LogP contribution is 2.40. The van der Waals surface area contributed by atoms with Gasteiger partial charge < -0.3 is 4.90 Å². The fraction of sp³-hybridized carbons (Fsp3) is 0.688. The number of piperidine rings is 1. The van der Waals surface area contributed by atoms with E-state index in [4.69, 9.17) is 0 Å². The molecule has 0 saturated carbocycles. The van der Waals surface area contributed by atoms with Gasteiger partial charge in [-0.2, -0.15) is 0 Å². The maximum absolute atomic E-state index is 4.56. The van der Waals surface area contributed by atoms with Gasteiger partial charge in [0.05, 0.1) is 0 Å². The van der Waals surface area contributed by atoms with Crippen molar-refractivity contribution in [1.82, 2.24) is 4.98 Å². The van der Waals surface area contributed by atoms with Crippen LogP contribution in [0.2, 0.25) is 0 Å². The van der Waals surface area contributed by atoms with E-state index in [1.54, 1.807) is 0 Å². The second kappa shape index (κ2) is 4.91. The smallest absolute Gasteiger partial charge is 0.128 e. The molecule has 1 aliphatic heterocycles. The summed E-state index contributed by atoms with van der Waals surface area (Å²) < 4.78 is 0. The quantitative estimate of drug-likeness (QED) is 0.787. The van der Waals surface area contributed by atoms with Gasteiger partial charge >= 0.3 is 0 Å². The lowest BCUT2D eigenvalue weighted by molar-refractivity contribution is 0.127. The van der Waals surface area contributed by atoms with Gasteiger partial charge in [0.2, 0.25) is 0 Å². The van der Waals surface area contributed by atoms with Crippen molar-refractivity contribution < 1.29 is 0 Å². The van der Waals surface area contributed by atoms with E-state index in [-0.39, 0.29) is 0 Å². The lowest BCUT2D eigenvalue weighted by Gasteiger charge is -2.46.